The van der Waals surface area contributed by atoms with Crippen molar-refractivity contribution in [2.24, 2.45) is 0 Å². The molecule has 0 saturated carbocycles. The zero-order chi connectivity index (χ0) is 29.4. The van der Waals surface area contributed by atoms with Crippen LogP contribution >= 0.6 is 0 Å². The number of aromatic amines is 1. The van der Waals surface area contributed by atoms with Gasteiger partial charge in [-0.25, -0.2) is 14.8 Å². The molecule has 2 N–H and O–H groups in total. The van der Waals surface area contributed by atoms with E-state index >= 15 is 0 Å². The molecule has 11 heteroatoms. The predicted octanol–water partition coefficient (Wildman–Crippen LogP) is 2.43. The fourth-order valence-electron chi connectivity index (χ4n) is 5.40. The summed E-state index contributed by atoms with van der Waals surface area (Å²) in [7, 11) is 1.24. The first kappa shape index (κ1) is 29.7. The van der Waals surface area contributed by atoms with E-state index in [2.05, 4.69) is 21.5 Å². The third-order valence-corrected chi connectivity index (χ3v) is 7.44. The van der Waals surface area contributed by atoms with Gasteiger partial charge < -0.3 is 14.6 Å². The van der Waals surface area contributed by atoms with Crippen LogP contribution in [0.1, 0.15) is 44.4 Å². The SMILES string of the molecule is COC(=O)[C@H](C)N(NC(C)=O)C(=O)CN(Cc1cccc2ccccc12)C[C@@H]1CCCN1C(=O)CCc1cnc[nH]1. The van der Waals surface area contributed by atoms with Crippen molar-refractivity contribution in [1.29, 1.82) is 0 Å². The minimum Gasteiger partial charge on any atom is -0.467 e. The number of aryl methyl sites for hydroxylation is 1. The highest BCUT2D eigenvalue weighted by Crippen LogP contribution is 2.24. The number of hydrogen-bond donors (Lipinski definition) is 2. The molecule has 1 aliphatic heterocycles. The van der Waals surface area contributed by atoms with Crippen molar-refractivity contribution in [3.63, 3.8) is 0 Å². The molecule has 0 radical (unpaired) electrons. The molecular formula is C30H38N6O5. The Labute approximate surface area is 239 Å². The average molecular weight is 563 g/mol. The van der Waals surface area contributed by atoms with Crippen molar-refractivity contribution in [3.05, 3.63) is 66.2 Å². The molecule has 1 fully saturated rings. The molecule has 1 saturated heterocycles. The van der Waals surface area contributed by atoms with Gasteiger partial charge in [0.15, 0.2) is 0 Å². The number of ether oxygens (including phenoxy) is 1. The Hall–Kier alpha value is -4.25. The van der Waals surface area contributed by atoms with E-state index < -0.39 is 23.8 Å². The van der Waals surface area contributed by atoms with Gasteiger partial charge in [0.1, 0.15) is 6.04 Å². The number of esters is 1. The normalized spacial score (nSPS) is 15.6. The first-order valence-electron chi connectivity index (χ1n) is 13.9. The van der Waals surface area contributed by atoms with Gasteiger partial charge in [0.25, 0.3) is 5.91 Å². The van der Waals surface area contributed by atoms with Crippen LogP contribution in [0.4, 0.5) is 0 Å². The third kappa shape index (κ3) is 7.69. The maximum absolute atomic E-state index is 13.6. The number of rotatable bonds is 11. The molecule has 0 bridgehead atoms. The number of fused-ring (bicyclic) bond motifs is 1. The number of amides is 3. The number of imidazole rings is 1. The number of nitrogens with one attached hydrogen (secondary N) is 2. The maximum atomic E-state index is 13.6. The minimum absolute atomic E-state index is 0.0673. The van der Waals surface area contributed by atoms with Crippen molar-refractivity contribution in [1.82, 2.24) is 30.2 Å². The van der Waals surface area contributed by atoms with E-state index in [9.17, 15) is 19.2 Å². The molecule has 41 heavy (non-hydrogen) atoms. The Morgan fingerprint density at radius 2 is 1.95 bits per heavy atom. The quantitative estimate of drug-likeness (QED) is 0.271. The zero-order valence-corrected chi connectivity index (χ0v) is 23.8. The van der Waals surface area contributed by atoms with Gasteiger partial charge in [-0.1, -0.05) is 42.5 Å². The smallest absolute Gasteiger partial charge is 0.330 e. The summed E-state index contributed by atoms with van der Waals surface area (Å²) in [6.45, 7) is 4.29. The van der Waals surface area contributed by atoms with Crippen LogP contribution in [0, 0.1) is 0 Å². The number of methoxy groups -OCH3 is 1. The van der Waals surface area contributed by atoms with Gasteiger partial charge in [-0.15, -0.1) is 0 Å². The highest BCUT2D eigenvalue weighted by molar-refractivity contribution is 5.88. The first-order valence-corrected chi connectivity index (χ1v) is 13.9. The molecule has 0 unspecified atom stereocenters. The molecule has 11 nitrogen and oxygen atoms in total. The lowest BCUT2D eigenvalue weighted by Crippen LogP contribution is -2.56. The molecule has 3 aromatic rings. The Bertz CT molecular complexity index is 1360. The van der Waals surface area contributed by atoms with Crippen LogP contribution in [0.3, 0.4) is 0 Å². The molecule has 1 aromatic heterocycles. The van der Waals surface area contributed by atoms with E-state index in [1.54, 1.807) is 12.5 Å². The second kappa shape index (κ2) is 13.9. The van der Waals surface area contributed by atoms with Gasteiger partial charge >= 0.3 is 5.97 Å². The van der Waals surface area contributed by atoms with Gasteiger partial charge in [-0.2, -0.15) is 0 Å². The molecule has 1 aliphatic rings. The second-order valence-corrected chi connectivity index (χ2v) is 10.4. The van der Waals surface area contributed by atoms with Crippen LogP contribution < -0.4 is 5.43 Å². The van der Waals surface area contributed by atoms with E-state index in [1.165, 1.54) is 21.0 Å². The lowest BCUT2D eigenvalue weighted by atomic mass is 10.0. The van der Waals surface area contributed by atoms with Crippen molar-refractivity contribution in [2.45, 2.75) is 58.2 Å². The summed E-state index contributed by atoms with van der Waals surface area (Å²) < 4.78 is 4.82. The lowest BCUT2D eigenvalue weighted by Gasteiger charge is -2.33. The second-order valence-electron chi connectivity index (χ2n) is 10.4. The van der Waals surface area contributed by atoms with E-state index in [1.807, 2.05) is 46.2 Å². The Balaban J connectivity index is 1.56. The van der Waals surface area contributed by atoms with E-state index in [0.29, 0.717) is 32.5 Å². The fourth-order valence-corrected chi connectivity index (χ4v) is 5.40. The van der Waals surface area contributed by atoms with Crippen molar-refractivity contribution < 1.29 is 23.9 Å². The third-order valence-electron chi connectivity index (χ3n) is 7.44. The van der Waals surface area contributed by atoms with Crippen LogP contribution in [-0.2, 0) is 36.9 Å². The number of hydrogen-bond acceptors (Lipinski definition) is 7. The molecule has 0 aliphatic carbocycles. The first-order chi connectivity index (χ1) is 19.8. The van der Waals surface area contributed by atoms with E-state index in [-0.39, 0.29) is 18.5 Å². The Morgan fingerprint density at radius 1 is 1.17 bits per heavy atom. The van der Waals surface area contributed by atoms with Crippen molar-refractivity contribution >= 4 is 34.5 Å². The highest BCUT2D eigenvalue weighted by Gasteiger charge is 2.33. The average Bonchev–Trinajstić information content (AvgIpc) is 3.66. The molecule has 218 valence electrons. The van der Waals surface area contributed by atoms with Crippen LogP contribution in [0.25, 0.3) is 10.8 Å². The number of hydrazine groups is 1. The summed E-state index contributed by atoms with van der Waals surface area (Å²) in [5.41, 5.74) is 4.44. The number of carbonyl (C=O) groups is 4. The van der Waals surface area contributed by atoms with Crippen LogP contribution in [0.2, 0.25) is 0 Å². The predicted molar refractivity (Wildman–Crippen MR) is 153 cm³/mol. The number of H-pyrrole nitrogens is 1. The summed E-state index contributed by atoms with van der Waals surface area (Å²) in [6, 6.07) is 13.0. The molecule has 2 atom stereocenters. The summed E-state index contributed by atoms with van der Waals surface area (Å²) in [4.78, 5) is 62.0. The zero-order valence-electron chi connectivity index (χ0n) is 23.8. The van der Waals surface area contributed by atoms with Gasteiger partial charge in [0.05, 0.1) is 20.0 Å². The largest absolute Gasteiger partial charge is 0.467 e. The van der Waals surface area contributed by atoms with Crippen LogP contribution in [0.5, 0.6) is 0 Å². The topological polar surface area (TPSA) is 128 Å². The number of likely N-dealkylation sites (tertiary alicyclic amines) is 1. The number of aromatic nitrogens is 2. The summed E-state index contributed by atoms with van der Waals surface area (Å²) >= 11 is 0. The summed E-state index contributed by atoms with van der Waals surface area (Å²) in [5.74, 6) is -1.50. The molecule has 2 heterocycles. The molecular weight excluding hydrogens is 524 g/mol. The van der Waals surface area contributed by atoms with E-state index in [4.69, 9.17) is 4.74 Å². The van der Waals surface area contributed by atoms with Crippen molar-refractivity contribution in [2.75, 3.05) is 26.7 Å². The van der Waals surface area contributed by atoms with E-state index in [0.717, 1.165) is 39.9 Å². The van der Waals surface area contributed by atoms with Crippen LogP contribution in [0.15, 0.2) is 55.0 Å². The van der Waals surface area contributed by atoms with Crippen molar-refractivity contribution in [3.8, 4) is 0 Å². The summed E-state index contributed by atoms with van der Waals surface area (Å²) in [5, 5.41) is 3.20. The molecule has 3 amide bonds. The standard InChI is InChI=1S/C30H38N6O5/c1-21(30(40)41-3)36(33-22(2)37)29(39)19-34(17-24-10-6-9-23-8-4-5-12-27(23)24)18-26-11-7-15-35(26)28(38)14-13-25-16-31-20-32-25/h4-6,8-10,12,16,20-21,26H,7,11,13-15,17-19H2,1-3H3,(H,31,32)(H,33,37)/t21-,26-/m0/s1. The maximum Gasteiger partial charge on any atom is 0.330 e. The number of carbonyl (C=O) groups excluding carboxylic acids is 4. The molecule has 2 aromatic carbocycles. The minimum atomic E-state index is -1.01. The van der Waals surface area contributed by atoms with Crippen LogP contribution in [-0.4, -0.2) is 87.3 Å². The Morgan fingerprint density at radius 3 is 2.68 bits per heavy atom. The number of benzene rings is 2. The van der Waals surface area contributed by atoms with Gasteiger partial charge in [-0.05, 0) is 42.5 Å². The van der Waals surface area contributed by atoms with Gasteiger partial charge in [0.2, 0.25) is 11.8 Å². The number of nitrogens with zero attached hydrogens (tertiary/aromatic N) is 4. The van der Waals surface area contributed by atoms with Gasteiger partial charge in [0, 0.05) is 50.9 Å². The lowest BCUT2D eigenvalue weighted by molar-refractivity contribution is -0.157. The summed E-state index contributed by atoms with van der Waals surface area (Å²) in [6.07, 6.45) is 5.98. The molecule has 4 rings (SSSR count). The van der Waals surface area contributed by atoms with Gasteiger partial charge in [-0.3, -0.25) is 24.7 Å². The highest BCUT2D eigenvalue weighted by atomic mass is 16.5. The monoisotopic (exact) mass is 562 g/mol. The molecule has 0 spiro atoms. The Kier molecular flexibility index (Phi) is 10.1. The fraction of sp³-hybridized carbons (Fsp3) is 0.433.